The number of unbranched alkanes of at least 4 members (excludes halogenated alkanes) is 2. The third-order valence-corrected chi connectivity index (χ3v) is 4.14. The molecule has 5 heteroatoms. The first-order valence-electron chi connectivity index (χ1n) is 9.75. The number of hydrogen-bond acceptors (Lipinski definition) is 3. The number of ether oxygens (including phenoxy) is 1. The van der Waals surface area contributed by atoms with E-state index in [-0.39, 0.29) is 24.7 Å². The first-order valence-corrected chi connectivity index (χ1v) is 9.75. The zero-order chi connectivity index (χ0) is 18.0. The van der Waals surface area contributed by atoms with Gasteiger partial charge in [0.05, 0.1) is 0 Å². The van der Waals surface area contributed by atoms with Crippen molar-refractivity contribution in [3.63, 3.8) is 0 Å². The number of amides is 2. The van der Waals surface area contributed by atoms with Crippen LogP contribution >= 0.6 is 0 Å². The van der Waals surface area contributed by atoms with E-state index < -0.39 is 0 Å². The van der Waals surface area contributed by atoms with Gasteiger partial charge in [0.2, 0.25) is 11.8 Å². The SMILES string of the molecule is CCCCOCCCNC(=O)CCC(=O)NC[C@H](CC)CCCC. The van der Waals surface area contributed by atoms with Gasteiger partial charge in [-0.05, 0) is 25.2 Å². The van der Waals surface area contributed by atoms with E-state index in [9.17, 15) is 9.59 Å². The second kappa shape index (κ2) is 16.7. The van der Waals surface area contributed by atoms with Gasteiger partial charge in [0, 0.05) is 39.1 Å². The van der Waals surface area contributed by atoms with E-state index in [0.29, 0.717) is 19.1 Å². The predicted octanol–water partition coefficient (Wildman–Crippen LogP) is 3.42. The topological polar surface area (TPSA) is 67.4 Å². The van der Waals surface area contributed by atoms with Crippen LogP contribution in [0.5, 0.6) is 0 Å². The molecule has 0 aromatic carbocycles. The molecule has 5 nitrogen and oxygen atoms in total. The van der Waals surface area contributed by atoms with Crippen molar-refractivity contribution >= 4 is 11.8 Å². The van der Waals surface area contributed by atoms with E-state index >= 15 is 0 Å². The molecule has 0 aliphatic carbocycles. The molecule has 0 saturated carbocycles. The van der Waals surface area contributed by atoms with Crippen molar-refractivity contribution in [1.29, 1.82) is 0 Å². The molecule has 2 amide bonds. The molecule has 0 spiro atoms. The van der Waals surface area contributed by atoms with Crippen molar-refractivity contribution in [2.24, 2.45) is 5.92 Å². The first-order chi connectivity index (χ1) is 11.6. The van der Waals surface area contributed by atoms with Crippen molar-refractivity contribution in [1.82, 2.24) is 10.6 Å². The normalized spacial score (nSPS) is 12.0. The van der Waals surface area contributed by atoms with Crippen LogP contribution in [0.1, 0.15) is 78.6 Å². The van der Waals surface area contributed by atoms with Crippen molar-refractivity contribution in [2.45, 2.75) is 78.6 Å². The van der Waals surface area contributed by atoms with Gasteiger partial charge in [0.1, 0.15) is 0 Å². The van der Waals surface area contributed by atoms with Gasteiger partial charge < -0.3 is 15.4 Å². The molecule has 0 aromatic rings. The van der Waals surface area contributed by atoms with E-state index in [4.69, 9.17) is 4.74 Å². The molecule has 0 saturated heterocycles. The highest BCUT2D eigenvalue weighted by Crippen LogP contribution is 2.11. The molecule has 0 aliphatic rings. The second-order valence-corrected chi connectivity index (χ2v) is 6.39. The summed E-state index contributed by atoms with van der Waals surface area (Å²) < 4.78 is 5.43. The van der Waals surface area contributed by atoms with Gasteiger partial charge in [-0.25, -0.2) is 0 Å². The van der Waals surface area contributed by atoms with Gasteiger partial charge in [-0.1, -0.05) is 46.5 Å². The smallest absolute Gasteiger partial charge is 0.220 e. The number of carbonyl (C=O) groups excluding carboxylic acids is 2. The van der Waals surface area contributed by atoms with E-state index in [1.165, 1.54) is 12.8 Å². The summed E-state index contributed by atoms with van der Waals surface area (Å²) in [4.78, 5) is 23.5. The fourth-order valence-corrected chi connectivity index (χ4v) is 2.36. The van der Waals surface area contributed by atoms with Crippen LogP contribution in [-0.4, -0.2) is 38.1 Å². The molecule has 0 fully saturated rings. The van der Waals surface area contributed by atoms with Crippen LogP contribution in [0.4, 0.5) is 0 Å². The maximum absolute atomic E-state index is 11.8. The Hall–Kier alpha value is -1.10. The van der Waals surface area contributed by atoms with Gasteiger partial charge >= 0.3 is 0 Å². The minimum atomic E-state index is -0.0586. The Morgan fingerprint density at radius 1 is 0.875 bits per heavy atom. The number of hydrogen-bond donors (Lipinski definition) is 2. The largest absolute Gasteiger partial charge is 0.381 e. The Kier molecular flexibility index (Phi) is 16.0. The fourth-order valence-electron chi connectivity index (χ4n) is 2.36. The molecule has 2 N–H and O–H groups in total. The summed E-state index contributed by atoms with van der Waals surface area (Å²) in [5, 5.41) is 5.79. The minimum absolute atomic E-state index is 0.0250. The monoisotopic (exact) mass is 342 g/mol. The lowest BCUT2D eigenvalue weighted by molar-refractivity contribution is -0.126. The lowest BCUT2D eigenvalue weighted by Crippen LogP contribution is -2.31. The van der Waals surface area contributed by atoms with Crippen molar-refractivity contribution in [3.8, 4) is 0 Å². The highest BCUT2D eigenvalue weighted by Gasteiger charge is 2.10. The van der Waals surface area contributed by atoms with E-state index in [1.807, 2.05) is 0 Å². The first kappa shape index (κ1) is 22.9. The lowest BCUT2D eigenvalue weighted by Gasteiger charge is -2.15. The van der Waals surface area contributed by atoms with Crippen LogP contribution in [0.15, 0.2) is 0 Å². The molecular formula is C19H38N2O3. The number of rotatable bonds is 16. The van der Waals surface area contributed by atoms with Crippen LogP contribution in [0.2, 0.25) is 0 Å². The van der Waals surface area contributed by atoms with Crippen LogP contribution in [0, 0.1) is 5.92 Å². The second-order valence-electron chi connectivity index (χ2n) is 6.39. The van der Waals surface area contributed by atoms with Crippen LogP contribution in [-0.2, 0) is 14.3 Å². The van der Waals surface area contributed by atoms with Gasteiger partial charge in [0.25, 0.3) is 0 Å². The van der Waals surface area contributed by atoms with E-state index in [0.717, 1.165) is 45.3 Å². The van der Waals surface area contributed by atoms with Crippen LogP contribution in [0.25, 0.3) is 0 Å². The molecule has 0 aromatic heterocycles. The fraction of sp³-hybridized carbons (Fsp3) is 0.895. The minimum Gasteiger partial charge on any atom is -0.381 e. The molecule has 0 bridgehead atoms. The molecule has 0 aliphatic heterocycles. The third-order valence-electron chi connectivity index (χ3n) is 4.14. The highest BCUT2D eigenvalue weighted by molar-refractivity contribution is 5.83. The summed E-state index contributed by atoms with van der Waals surface area (Å²) in [7, 11) is 0. The molecule has 142 valence electrons. The molecule has 0 radical (unpaired) electrons. The zero-order valence-electron chi connectivity index (χ0n) is 16.0. The predicted molar refractivity (Wildman–Crippen MR) is 98.9 cm³/mol. The van der Waals surface area contributed by atoms with Gasteiger partial charge in [-0.15, -0.1) is 0 Å². The Labute approximate surface area is 148 Å². The Morgan fingerprint density at radius 2 is 1.50 bits per heavy atom. The van der Waals surface area contributed by atoms with Crippen molar-refractivity contribution in [3.05, 3.63) is 0 Å². The van der Waals surface area contributed by atoms with Gasteiger partial charge in [-0.3, -0.25) is 9.59 Å². The average Bonchev–Trinajstić information content (AvgIpc) is 2.59. The Bertz CT molecular complexity index is 322. The number of nitrogens with one attached hydrogen (secondary N) is 2. The molecular weight excluding hydrogens is 304 g/mol. The summed E-state index contributed by atoms with van der Waals surface area (Å²) in [6.45, 7) is 9.28. The summed E-state index contributed by atoms with van der Waals surface area (Å²) in [6, 6.07) is 0. The van der Waals surface area contributed by atoms with Crippen LogP contribution < -0.4 is 10.6 Å². The summed E-state index contributed by atoms with van der Waals surface area (Å²) >= 11 is 0. The standard InChI is InChI=1S/C19H38N2O3/c1-4-7-10-17(6-3)16-21-19(23)12-11-18(22)20-13-9-15-24-14-8-5-2/h17H,4-16H2,1-3H3,(H,20,22)(H,21,23)/t17-/m1/s1. The van der Waals surface area contributed by atoms with Crippen molar-refractivity contribution < 1.29 is 14.3 Å². The quantitative estimate of drug-likeness (QED) is 0.422. The van der Waals surface area contributed by atoms with Crippen LogP contribution in [0.3, 0.4) is 0 Å². The van der Waals surface area contributed by atoms with Gasteiger partial charge in [-0.2, -0.15) is 0 Å². The third kappa shape index (κ3) is 14.5. The Morgan fingerprint density at radius 3 is 2.12 bits per heavy atom. The summed E-state index contributed by atoms with van der Waals surface area (Å²) in [6.07, 6.45) is 8.20. The molecule has 0 unspecified atom stereocenters. The maximum Gasteiger partial charge on any atom is 0.220 e. The van der Waals surface area contributed by atoms with Crippen molar-refractivity contribution in [2.75, 3.05) is 26.3 Å². The lowest BCUT2D eigenvalue weighted by atomic mass is 9.99. The van der Waals surface area contributed by atoms with E-state index in [2.05, 4.69) is 31.4 Å². The Balaban J connectivity index is 3.58. The molecule has 1 atom stereocenters. The summed E-state index contributed by atoms with van der Waals surface area (Å²) in [5.74, 6) is 0.468. The molecule has 24 heavy (non-hydrogen) atoms. The zero-order valence-corrected chi connectivity index (χ0v) is 16.0. The number of carbonyl (C=O) groups is 2. The van der Waals surface area contributed by atoms with Gasteiger partial charge in [0.15, 0.2) is 0 Å². The highest BCUT2D eigenvalue weighted by atomic mass is 16.5. The molecule has 0 heterocycles. The van der Waals surface area contributed by atoms with E-state index in [1.54, 1.807) is 0 Å². The maximum atomic E-state index is 11.8. The average molecular weight is 343 g/mol. The summed E-state index contributed by atoms with van der Waals surface area (Å²) in [5.41, 5.74) is 0. The molecule has 0 rings (SSSR count).